The molecule has 0 fully saturated rings. The number of carbonyl (C=O) groups is 1. The first kappa shape index (κ1) is 15.6. The van der Waals surface area contributed by atoms with Gasteiger partial charge < -0.3 is 10.6 Å². The summed E-state index contributed by atoms with van der Waals surface area (Å²) < 4.78 is 0. The predicted molar refractivity (Wildman–Crippen MR) is 94.0 cm³/mol. The third kappa shape index (κ3) is 3.92. The Morgan fingerprint density at radius 2 is 1.79 bits per heavy atom. The molecule has 6 nitrogen and oxygen atoms in total. The zero-order chi connectivity index (χ0) is 16.9. The number of rotatable bonds is 5. The average molecular weight is 319 g/mol. The second-order valence-corrected chi connectivity index (χ2v) is 5.42. The summed E-state index contributed by atoms with van der Waals surface area (Å²) in [6, 6.07) is 15.1. The summed E-state index contributed by atoms with van der Waals surface area (Å²) in [5, 5.41) is 14.2. The molecule has 120 valence electrons. The first-order chi connectivity index (χ1) is 11.6. The van der Waals surface area contributed by atoms with Crippen LogP contribution in [0.5, 0.6) is 0 Å². The molecule has 3 aromatic rings. The molecule has 6 heteroatoms. The van der Waals surface area contributed by atoms with E-state index in [2.05, 4.69) is 25.8 Å². The van der Waals surface area contributed by atoms with E-state index in [9.17, 15) is 4.79 Å². The fourth-order valence-corrected chi connectivity index (χ4v) is 2.15. The minimum Gasteiger partial charge on any atom is -0.339 e. The maximum atomic E-state index is 11.5. The first-order valence-corrected chi connectivity index (χ1v) is 7.51. The lowest BCUT2D eigenvalue weighted by Crippen LogP contribution is -2.03. The third-order valence-corrected chi connectivity index (χ3v) is 3.41. The monoisotopic (exact) mass is 319 g/mol. The standard InChI is InChI=1S/C18H17N5O/c1-12-6-8-15(9-7-12)21-18-22-17(11-19-23-18)20-16-5-3-4-14(10-16)13(2)24/h3-11H,1-2H3,(H2,20,21,22,23). The molecule has 0 unspecified atom stereocenters. The molecule has 0 atom stereocenters. The first-order valence-electron chi connectivity index (χ1n) is 7.51. The molecule has 1 heterocycles. The van der Waals surface area contributed by atoms with E-state index in [0.717, 1.165) is 11.4 Å². The Labute approximate surface area is 140 Å². The van der Waals surface area contributed by atoms with Gasteiger partial charge in [0, 0.05) is 16.9 Å². The second-order valence-electron chi connectivity index (χ2n) is 5.42. The average Bonchev–Trinajstić information content (AvgIpc) is 2.57. The topological polar surface area (TPSA) is 79.8 Å². The summed E-state index contributed by atoms with van der Waals surface area (Å²) in [5.74, 6) is 0.952. The number of aryl methyl sites for hydroxylation is 1. The summed E-state index contributed by atoms with van der Waals surface area (Å²) in [6.45, 7) is 3.57. The molecule has 3 rings (SSSR count). The van der Waals surface area contributed by atoms with Crippen molar-refractivity contribution in [3.05, 3.63) is 65.9 Å². The Kier molecular flexibility index (Phi) is 4.47. The van der Waals surface area contributed by atoms with E-state index < -0.39 is 0 Å². The number of benzene rings is 2. The molecule has 2 aromatic carbocycles. The van der Waals surface area contributed by atoms with Crippen LogP contribution in [0.1, 0.15) is 22.8 Å². The molecule has 0 aliphatic rings. The molecule has 0 saturated carbocycles. The van der Waals surface area contributed by atoms with Gasteiger partial charge >= 0.3 is 0 Å². The van der Waals surface area contributed by atoms with Gasteiger partial charge in [0.15, 0.2) is 11.6 Å². The molecule has 0 bridgehead atoms. The van der Waals surface area contributed by atoms with Crippen molar-refractivity contribution in [3.63, 3.8) is 0 Å². The van der Waals surface area contributed by atoms with Crippen molar-refractivity contribution in [2.24, 2.45) is 0 Å². The van der Waals surface area contributed by atoms with E-state index in [0.29, 0.717) is 17.3 Å². The van der Waals surface area contributed by atoms with Crippen LogP contribution in [0.4, 0.5) is 23.1 Å². The van der Waals surface area contributed by atoms with Crippen molar-refractivity contribution in [2.75, 3.05) is 10.6 Å². The lowest BCUT2D eigenvalue weighted by molar-refractivity contribution is 0.101. The Morgan fingerprint density at radius 1 is 1.00 bits per heavy atom. The van der Waals surface area contributed by atoms with Gasteiger partial charge in [0.1, 0.15) is 0 Å². The van der Waals surface area contributed by atoms with Gasteiger partial charge in [-0.1, -0.05) is 29.8 Å². The Hall–Kier alpha value is -3.28. The van der Waals surface area contributed by atoms with Crippen molar-refractivity contribution < 1.29 is 4.79 Å². The fraction of sp³-hybridized carbons (Fsp3) is 0.111. The van der Waals surface area contributed by atoms with E-state index >= 15 is 0 Å². The Bertz CT molecular complexity index is 861. The zero-order valence-corrected chi connectivity index (χ0v) is 13.4. The van der Waals surface area contributed by atoms with Crippen LogP contribution in [0.2, 0.25) is 0 Å². The molecular formula is C18H17N5O. The smallest absolute Gasteiger partial charge is 0.249 e. The van der Waals surface area contributed by atoms with Crippen molar-refractivity contribution in [1.82, 2.24) is 15.2 Å². The quantitative estimate of drug-likeness (QED) is 0.695. The van der Waals surface area contributed by atoms with Crippen LogP contribution < -0.4 is 10.6 Å². The highest BCUT2D eigenvalue weighted by molar-refractivity contribution is 5.95. The van der Waals surface area contributed by atoms with Crippen LogP contribution in [0.3, 0.4) is 0 Å². The second kappa shape index (κ2) is 6.87. The van der Waals surface area contributed by atoms with Crippen molar-refractivity contribution in [2.45, 2.75) is 13.8 Å². The maximum Gasteiger partial charge on any atom is 0.249 e. The number of Topliss-reactive ketones (excluding diaryl/α,β-unsaturated/α-hetero) is 1. The number of ketones is 1. The lowest BCUT2D eigenvalue weighted by atomic mass is 10.1. The van der Waals surface area contributed by atoms with E-state index in [1.165, 1.54) is 18.7 Å². The van der Waals surface area contributed by atoms with Gasteiger partial charge in [0.05, 0.1) is 6.20 Å². The van der Waals surface area contributed by atoms with Gasteiger partial charge in [0.25, 0.3) is 0 Å². The SMILES string of the molecule is CC(=O)c1cccc(Nc2cnnc(Nc3ccc(C)cc3)n2)c1. The van der Waals surface area contributed by atoms with Crippen molar-refractivity contribution >= 4 is 28.9 Å². The van der Waals surface area contributed by atoms with Gasteiger partial charge in [-0.3, -0.25) is 4.79 Å². The molecule has 24 heavy (non-hydrogen) atoms. The van der Waals surface area contributed by atoms with Crippen LogP contribution >= 0.6 is 0 Å². The lowest BCUT2D eigenvalue weighted by Gasteiger charge is -2.08. The molecule has 2 N–H and O–H groups in total. The number of aromatic nitrogens is 3. The van der Waals surface area contributed by atoms with Crippen LogP contribution in [-0.2, 0) is 0 Å². The van der Waals surface area contributed by atoms with Gasteiger partial charge in [-0.05, 0) is 38.1 Å². The number of hydrogen-bond acceptors (Lipinski definition) is 6. The molecule has 0 amide bonds. The van der Waals surface area contributed by atoms with E-state index in [4.69, 9.17) is 0 Å². The van der Waals surface area contributed by atoms with E-state index in [-0.39, 0.29) is 5.78 Å². The van der Waals surface area contributed by atoms with Gasteiger partial charge in [0.2, 0.25) is 5.95 Å². The molecule has 0 aliphatic heterocycles. The molecule has 1 aromatic heterocycles. The third-order valence-electron chi connectivity index (χ3n) is 3.41. The zero-order valence-electron chi connectivity index (χ0n) is 13.4. The van der Waals surface area contributed by atoms with Gasteiger partial charge in [-0.25, -0.2) is 0 Å². The normalized spacial score (nSPS) is 10.2. The van der Waals surface area contributed by atoms with E-state index in [1.54, 1.807) is 12.1 Å². The molecule has 0 spiro atoms. The number of carbonyl (C=O) groups excluding carboxylic acids is 1. The summed E-state index contributed by atoms with van der Waals surface area (Å²) in [4.78, 5) is 15.8. The van der Waals surface area contributed by atoms with Crippen LogP contribution in [0.25, 0.3) is 0 Å². The molecule has 0 radical (unpaired) electrons. The predicted octanol–water partition coefficient (Wildman–Crippen LogP) is 3.87. The van der Waals surface area contributed by atoms with Crippen LogP contribution in [-0.4, -0.2) is 21.0 Å². The van der Waals surface area contributed by atoms with Gasteiger partial charge in [-0.15, -0.1) is 5.10 Å². The van der Waals surface area contributed by atoms with Crippen molar-refractivity contribution in [1.29, 1.82) is 0 Å². The summed E-state index contributed by atoms with van der Waals surface area (Å²) in [5.41, 5.74) is 3.47. The number of hydrogen-bond donors (Lipinski definition) is 2. The van der Waals surface area contributed by atoms with Gasteiger partial charge in [-0.2, -0.15) is 10.1 Å². The highest BCUT2D eigenvalue weighted by Crippen LogP contribution is 2.18. The molecular weight excluding hydrogens is 302 g/mol. The fourth-order valence-electron chi connectivity index (χ4n) is 2.15. The Morgan fingerprint density at radius 3 is 2.54 bits per heavy atom. The maximum absolute atomic E-state index is 11.5. The van der Waals surface area contributed by atoms with Crippen LogP contribution in [0, 0.1) is 6.92 Å². The molecule has 0 aliphatic carbocycles. The van der Waals surface area contributed by atoms with E-state index in [1.807, 2.05) is 43.3 Å². The number of nitrogens with zero attached hydrogens (tertiary/aromatic N) is 3. The van der Waals surface area contributed by atoms with Crippen molar-refractivity contribution in [3.8, 4) is 0 Å². The van der Waals surface area contributed by atoms with Crippen LogP contribution in [0.15, 0.2) is 54.7 Å². The number of nitrogens with one attached hydrogen (secondary N) is 2. The minimum absolute atomic E-state index is 0.0150. The minimum atomic E-state index is 0.0150. The summed E-state index contributed by atoms with van der Waals surface area (Å²) >= 11 is 0. The highest BCUT2D eigenvalue weighted by atomic mass is 16.1. The molecule has 0 saturated heterocycles. The summed E-state index contributed by atoms with van der Waals surface area (Å²) in [7, 11) is 0. The highest BCUT2D eigenvalue weighted by Gasteiger charge is 2.04. The largest absolute Gasteiger partial charge is 0.339 e. The summed E-state index contributed by atoms with van der Waals surface area (Å²) in [6.07, 6.45) is 1.53. The Balaban J connectivity index is 1.76. The number of anilines is 4.